The second-order valence-electron chi connectivity index (χ2n) is 6.47. The number of carbonyl (C=O) groups excluding carboxylic acids is 2. The molecular formula is C17H23N5O2S. The van der Waals surface area contributed by atoms with Crippen molar-refractivity contribution in [3.05, 3.63) is 16.5 Å². The molecule has 1 fully saturated rings. The van der Waals surface area contributed by atoms with Gasteiger partial charge in [-0.3, -0.25) is 9.59 Å². The van der Waals surface area contributed by atoms with Crippen molar-refractivity contribution in [1.82, 2.24) is 4.98 Å². The number of piperidine rings is 1. The van der Waals surface area contributed by atoms with Gasteiger partial charge in [0.15, 0.2) is 0 Å². The van der Waals surface area contributed by atoms with E-state index in [2.05, 4.69) is 11.8 Å². The number of fused-ring (bicyclic) bond motifs is 1. The first-order valence-corrected chi connectivity index (χ1v) is 9.30. The van der Waals surface area contributed by atoms with Crippen LogP contribution in [0.1, 0.15) is 41.4 Å². The molecule has 6 N–H and O–H groups in total. The molecule has 25 heavy (non-hydrogen) atoms. The monoisotopic (exact) mass is 361 g/mol. The first kappa shape index (κ1) is 17.5. The van der Waals surface area contributed by atoms with Crippen LogP contribution in [0.15, 0.2) is 6.07 Å². The largest absolute Gasteiger partial charge is 0.397 e. The molecule has 0 aromatic carbocycles. The highest BCUT2D eigenvalue weighted by molar-refractivity contribution is 7.21. The molecule has 2 aromatic rings. The predicted molar refractivity (Wildman–Crippen MR) is 101 cm³/mol. The maximum atomic E-state index is 11.6. The van der Waals surface area contributed by atoms with Gasteiger partial charge in [-0.25, -0.2) is 4.98 Å². The minimum Gasteiger partial charge on any atom is -0.397 e. The fourth-order valence-electron chi connectivity index (χ4n) is 3.41. The van der Waals surface area contributed by atoms with Gasteiger partial charge in [0.05, 0.1) is 11.6 Å². The lowest BCUT2D eigenvalue weighted by molar-refractivity contribution is -0.122. The van der Waals surface area contributed by atoms with Crippen LogP contribution in [-0.2, 0) is 11.2 Å². The van der Waals surface area contributed by atoms with Gasteiger partial charge in [-0.15, -0.1) is 11.3 Å². The van der Waals surface area contributed by atoms with Gasteiger partial charge >= 0.3 is 0 Å². The summed E-state index contributed by atoms with van der Waals surface area (Å²) in [5.41, 5.74) is 18.6. The van der Waals surface area contributed by atoms with Crippen LogP contribution >= 0.6 is 11.3 Å². The molecular weight excluding hydrogens is 338 g/mol. The molecule has 2 amide bonds. The molecule has 3 rings (SSSR count). The van der Waals surface area contributed by atoms with Crippen molar-refractivity contribution in [2.45, 2.75) is 32.6 Å². The summed E-state index contributed by atoms with van der Waals surface area (Å²) in [5, 5.41) is 0.827. The third-order valence-corrected chi connectivity index (χ3v) is 5.77. The number of aromatic nitrogens is 1. The average Bonchev–Trinajstić information content (AvgIpc) is 2.92. The van der Waals surface area contributed by atoms with Crippen LogP contribution < -0.4 is 22.1 Å². The zero-order valence-corrected chi connectivity index (χ0v) is 15.1. The van der Waals surface area contributed by atoms with E-state index in [-0.39, 0.29) is 11.8 Å². The van der Waals surface area contributed by atoms with Crippen LogP contribution in [0.4, 0.5) is 11.5 Å². The summed E-state index contributed by atoms with van der Waals surface area (Å²) >= 11 is 1.23. The Bertz CT molecular complexity index is 832. The van der Waals surface area contributed by atoms with Gasteiger partial charge in [-0.2, -0.15) is 0 Å². The van der Waals surface area contributed by atoms with Crippen molar-refractivity contribution >= 4 is 44.9 Å². The van der Waals surface area contributed by atoms with Gasteiger partial charge in [0, 0.05) is 18.5 Å². The lowest BCUT2D eigenvalue weighted by Crippen LogP contribution is -2.41. The number of nitrogens with two attached hydrogens (primary N) is 3. The molecule has 0 bridgehead atoms. The van der Waals surface area contributed by atoms with E-state index in [0.717, 1.165) is 49.0 Å². The van der Waals surface area contributed by atoms with E-state index < -0.39 is 5.91 Å². The predicted octanol–water partition coefficient (Wildman–Crippen LogP) is 1.63. The molecule has 8 heteroatoms. The summed E-state index contributed by atoms with van der Waals surface area (Å²) in [6.45, 7) is 3.49. The van der Waals surface area contributed by atoms with Crippen LogP contribution in [0, 0.1) is 5.92 Å². The highest BCUT2D eigenvalue weighted by Crippen LogP contribution is 2.37. The molecule has 1 unspecified atom stereocenters. The summed E-state index contributed by atoms with van der Waals surface area (Å²) in [7, 11) is 0. The van der Waals surface area contributed by atoms with Crippen LogP contribution in [-0.4, -0.2) is 29.9 Å². The number of nitrogen functional groups attached to an aromatic ring is 1. The number of thiophene rings is 1. The minimum atomic E-state index is -0.531. The fourth-order valence-corrected chi connectivity index (χ4v) is 4.40. The van der Waals surface area contributed by atoms with Gasteiger partial charge in [-0.1, -0.05) is 13.3 Å². The smallest absolute Gasteiger partial charge is 0.260 e. The van der Waals surface area contributed by atoms with E-state index in [9.17, 15) is 9.59 Å². The number of primary amides is 2. The molecule has 0 spiro atoms. The fraction of sp³-hybridized carbons (Fsp3) is 0.471. The molecule has 1 atom stereocenters. The molecule has 1 aliphatic heterocycles. The maximum Gasteiger partial charge on any atom is 0.260 e. The first-order chi connectivity index (χ1) is 11.9. The number of aryl methyl sites for hydroxylation is 1. The van der Waals surface area contributed by atoms with E-state index in [1.54, 1.807) is 0 Å². The Morgan fingerprint density at radius 1 is 1.40 bits per heavy atom. The number of anilines is 2. The Labute approximate surface area is 150 Å². The van der Waals surface area contributed by atoms with E-state index in [1.807, 2.05) is 6.07 Å². The lowest BCUT2D eigenvalue weighted by Gasteiger charge is -2.32. The van der Waals surface area contributed by atoms with Gasteiger partial charge in [0.2, 0.25) is 5.91 Å². The Balaban J connectivity index is 2.07. The Kier molecular flexibility index (Phi) is 4.80. The summed E-state index contributed by atoms with van der Waals surface area (Å²) < 4.78 is 0. The maximum absolute atomic E-state index is 11.6. The zero-order valence-electron chi connectivity index (χ0n) is 14.2. The standard InChI is InChI=1S/C17H23N5O2S/c1-2-4-9-7-11(22-6-3-5-10(8-22)15(19)23)21-17-12(9)13(18)14(25-17)16(20)24/h7,10H,2-6,8,18H2,1H3,(H2,19,23)(H2,20,24). The molecule has 3 heterocycles. The van der Waals surface area contributed by atoms with Gasteiger partial charge in [0.1, 0.15) is 15.5 Å². The summed E-state index contributed by atoms with van der Waals surface area (Å²) in [6.07, 6.45) is 3.49. The summed E-state index contributed by atoms with van der Waals surface area (Å²) in [5.74, 6) is -0.151. The van der Waals surface area contributed by atoms with Gasteiger partial charge < -0.3 is 22.1 Å². The van der Waals surface area contributed by atoms with E-state index >= 15 is 0 Å². The number of hydrogen-bond acceptors (Lipinski definition) is 6. The number of rotatable bonds is 5. The number of pyridine rings is 1. The summed E-state index contributed by atoms with van der Waals surface area (Å²) in [4.78, 5) is 31.0. The van der Waals surface area contributed by atoms with E-state index in [1.165, 1.54) is 11.3 Å². The Hall–Kier alpha value is -2.35. The number of nitrogens with zero attached hydrogens (tertiary/aromatic N) is 2. The second kappa shape index (κ2) is 6.87. The Morgan fingerprint density at radius 2 is 2.16 bits per heavy atom. The quantitative estimate of drug-likeness (QED) is 0.745. The Morgan fingerprint density at radius 3 is 2.80 bits per heavy atom. The zero-order chi connectivity index (χ0) is 18.1. The number of amides is 2. The molecule has 7 nitrogen and oxygen atoms in total. The molecule has 0 aliphatic carbocycles. The average molecular weight is 361 g/mol. The van der Waals surface area contributed by atoms with Crippen LogP contribution in [0.3, 0.4) is 0 Å². The highest BCUT2D eigenvalue weighted by atomic mass is 32.1. The summed E-state index contributed by atoms with van der Waals surface area (Å²) in [6, 6.07) is 2.02. The number of carbonyl (C=O) groups is 2. The first-order valence-electron chi connectivity index (χ1n) is 8.48. The minimum absolute atomic E-state index is 0.157. The molecule has 1 saturated heterocycles. The molecule has 0 saturated carbocycles. The number of hydrogen-bond donors (Lipinski definition) is 3. The van der Waals surface area contributed by atoms with Crippen molar-refractivity contribution in [3.63, 3.8) is 0 Å². The van der Waals surface area contributed by atoms with E-state index in [4.69, 9.17) is 22.2 Å². The SMILES string of the molecule is CCCc1cc(N2CCCC(C(N)=O)C2)nc2sc(C(N)=O)c(N)c12. The van der Waals surface area contributed by atoms with E-state index in [0.29, 0.717) is 21.9 Å². The lowest BCUT2D eigenvalue weighted by atomic mass is 9.97. The molecule has 0 radical (unpaired) electrons. The van der Waals surface area contributed by atoms with Crippen molar-refractivity contribution in [2.75, 3.05) is 23.7 Å². The van der Waals surface area contributed by atoms with Crippen LogP contribution in [0.2, 0.25) is 0 Å². The third-order valence-electron chi connectivity index (χ3n) is 4.66. The topological polar surface area (TPSA) is 128 Å². The van der Waals surface area contributed by atoms with Crippen molar-refractivity contribution in [3.8, 4) is 0 Å². The highest BCUT2D eigenvalue weighted by Gasteiger charge is 2.26. The van der Waals surface area contributed by atoms with Crippen molar-refractivity contribution in [1.29, 1.82) is 0 Å². The van der Waals surface area contributed by atoms with Gasteiger partial charge in [0.25, 0.3) is 5.91 Å². The van der Waals surface area contributed by atoms with Gasteiger partial charge in [-0.05, 0) is 30.9 Å². The normalized spacial score (nSPS) is 17.8. The molecule has 134 valence electrons. The third kappa shape index (κ3) is 3.26. The van der Waals surface area contributed by atoms with Crippen molar-refractivity contribution < 1.29 is 9.59 Å². The van der Waals surface area contributed by atoms with Crippen LogP contribution in [0.25, 0.3) is 10.2 Å². The second-order valence-corrected chi connectivity index (χ2v) is 7.47. The van der Waals surface area contributed by atoms with Crippen molar-refractivity contribution in [2.24, 2.45) is 17.4 Å². The van der Waals surface area contributed by atoms with Crippen LogP contribution in [0.5, 0.6) is 0 Å². The molecule has 1 aliphatic rings. The molecule has 2 aromatic heterocycles.